The Bertz CT molecular complexity index is 650. The van der Waals surface area contributed by atoms with Gasteiger partial charge in [-0.05, 0) is 32.1 Å². The summed E-state index contributed by atoms with van der Waals surface area (Å²) in [4.78, 5) is 36.4. The molecule has 7 unspecified atom stereocenters. The molecule has 2 aliphatic heterocycles. The lowest BCUT2D eigenvalue weighted by atomic mass is 9.86. The third kappa shape index (κ3) is 1.74. The summed E-state index contributed by atoms with van der Waals surface area (Å²) in [5, 5.41) is 0. The summed E-state index contributed by atoms with van der Waals surface area (Å²) in [6.45, 7) is 3.74. The number of ether oxygens (including phenoxy) is 3. The van der Waals surface area contributed by atoms with E-state index >= 15 is 0 Å². The highest BCUT2D eigenvalue weighted by Gasteiger charge is 2.64. The van der Waals surface area contributed by atoms with E-state index in [4.69, 9.17) is 14.2 Å². The molecule has 0 radical (unpaired) electrons. The first-order valence-corrected chi connectivity index (χ1v) is 8.81. The maximum Gasteiger partial charge on any atom is 0.334 e. The van der Waals surface area contributed by atoms with Crippen LogP contribution in [0.5, 0.6) is 0 Å². The van der Waals surface area contributed by atoms with E-state index in [-0.39, 0.29) is 41.9 Å². The van der Waals surface area contributed by atoms with E-state index in [0.717, 1.165) is 19.3 Å². The first-order chi connectivity index (χ1) is 11.5. The van der Waals surface area contributed by atoms with Crippen molar-refractivity contribution >= 4 is 17.9 Å². The van der Waals surface area contributed by atoms with Crippen LogP contribution in [0.4, 0.5) is 0 Å². The van der Waals surface area contributed by atoms with Crippen molar-refractivity contribution in [3.8, 4) is 0 Å². The van der Waals surface area contributed by atoms with Crippen molar-refractivity contribution in [1.82, 2.24) is 0 Å². The Hall–Kier alpha value is -1.85. The van der Waals surface area contributed by atoms with Gasteiger partial charge in [-0.25, -0.2) is 4.79 Å². The number of fused-ring (bicyclic) bond motifs is 1. The molecule has 6 heteroatoms. The minimum atomic E-state index is -0.766. The second-order valence-corrected chi connectivity index (χ2v) is 7.98. The van der Waals surface area contributed by atoms with Crippen LogP contribution < -0.4 is 0 Å². The monoisotopic (exact) mass is 332 g/mol. The molecule has 0 aromatic carbocycles. The molecule has 128 valence electrons. The molecule has 1 spiro atoms. The Kier molecular flexibility index (Phi) is 2.78. The third-order valence-electron chi connectivity index (χ3n) is 6.78. The maximum absolute atomic E-state index is 12.8. The Balaban J connectivity index is 1.34. The van der Waals surface area contributed by atoms with Crippen molar-refractivity contribution in [2.75, 3.05) is 0 Å². The summed E-state index contributed by atoms with van der Waals surface area (Å²) >= 11 is 0. The highest BCUT2D eigenvalue weighted by molar-refractivity contribution is 5.91. The molecule has 0 N–H and O–H groups in total. The molecule has 5 fully saturated rings. The summed E-state index contributed by atoms with van der Waals surface area (Å²) in [6.07, 6.45) is 3.63. The minimum absolute atomic E-state index is 0.00638. The lowest BCUT2D eigenvalue weighted by molar-refractivity contribution is -0.175. The van der Waals surface area contributed by atoms with E-state index in [1.165, 1.54) is 0 Å². The SMILES string of the molecule is C=C1CC2(CCCC2C(=O)OC2C3CC4C(=O)OC2C4C3)OC1=O. The van der Waals surface area contributed by atoms with Crippen LogP contribution in [0, 0.1) is 23.7 Å². The molecule has 6 nitrogen and oxygen atoms in total. The van der Waals surface area contributed by atoms with Crippen molar-refractivity contribution < 1.29 is 28.6 Å². The molecule has 2 heterocycles. The van der Waals surface area contributed by atoms with Gasteiger partial charge in [-0.1, -0.05) is 6.58 Å². The molecular weight excluding hydrogens is 312 g/mol. The molecule has 2 saturated heterocycles. The fourth-order valence-electron chi connectivity index (χ4n) is 5.72. The predicted octanol–water partition coefficient (Wildman–Crippen LogP) is 1.52. The van der Waals surface area contributed by atoms with E-state index in [1.807, 2.05) is 0 Å². The Morgan fingerprint density at radius 2 is 2.12 bits per heavy atom. The van der Waals surface area contributed by atoms with E-state index in [1.54, 1.807) is 0 Å². The molecule has 5 rings (SSSR count). The Morgan fingerprint density at radius 1 is 1.29 bits per heavy atom. The third-order valence-corrected chi connectivity index (χ3v) is 6.78. The lowest BCUT2D eigenvalue weighted by Crippen LogP contribution is -2.43. The van der Waals surface area contributed by atoms with Crippen LogP contribution in [0.25, 0.3) is 0 Å². The number of rotatable bonds is 2. The van der Waals surface area contributed by atoms with E-state index < -0.39 is 17.5 Å². The van der Waals surface area contributed by atoms with Gasteiger partial charge in [0.05, 0.1) is 11.8 Å². The topological polar surface area (TPSA) is 78.9 Å². The number of esters is 3. The number of hydrogen-bond acceptors (Lipinski definition) is 6. The van der Waals surface area contributed by atoms with E-state index in [2.05, 4.69) is 6.58 Å². The van der Waals surface area contributed by atoms with Crippen molar-refractivity contribution in [3.63, 3.8) is 0 Å². The quantitative estimate of drug-likeness (QED) is 0.433. The zero-order chi connectivity index (χ0) is 16.6. The smallest absolute Gasteiger partial charge is 0.334 e. The predicted molar refractivity (Wildman–Crippen MR) is 79.4 cm³/mol. The van der Waals surface area contributed by atoms with Crippen LogP contribution in [0.1, 0.15) is 38.5 Å². The Morgan fingerprint density at radius 3 is 2.88 bits per heavy atom. The van der Waals surface area contributed by atoms with Crippen molar-refractivity contribution in [2.24, 2.45) is 23.7 Å². The summed E-state index contributed by atoms with van der Waals surface area (Å²) in [5.74, 6) is -0.848. The molecule has 5 aliphatic rings. The molecule has 0 aromatic heterocycles. The van der Waals surface area contributed by atoms with Gasteiger partial charge in [-0.2, -0.15) is 0 Å². The van der Waals surface area contributed by atoms with Gasteiger partial charge < -0.3 is 14.2 Å². The van der Waals surface area contributed by atoms with Gasteiger partial charge in [0.2, 0.25) is 0 Å². The van der Waals surface area contributed by atoms with E-state index in [0.29, 0.717) is 24.8 Å². The van der Waals surface area contributed by atoms with Gasteiger partial charge in [0, 0.05) is 23.8 Å². The van der Waals surface area contributed by atoms with E-state index in [9.17, 15) is 14.4 Å². The molecule has 2 bridgehead atoms. The molecule has 3 aliphatic carbocycles. The highest BCUT2D eigenvalue weighted by atomic mass is 16.6. The van der Waals surface area contributed by atoms with Crippen LogP contribution in [-0.4, -0.2) is 35.7 Å². The molecule has 3 saturated carbocycles. The average molecular weight is 332 g/mol. The van der Waals surface area contributed by atoms with Gasteiger partial charge in [-0.3, -0.25) is 9.59 Å². The minimum Gasteiger partial charge on any atom is -0.458 e. The highest BCUT2D eigenvalue weighted by Crippen LogP contribution is 2.56. The van der Waals surface area contributed by atoms with Gasteiger partial charge in [0.1, 0.15) is 17.8 Å². The average Bonchev–Trinajstić information content (AvgIpc) is 3.27. The first kappa shape index (κ1) is 14.5. The van der Waals surface area contributed by atoms with Crippen LogP contribution in [0.3, 0.4) is 0 Å². The number of hydrogen-bond donors (Lipinski definition) is 0. The first-order valence-electron chi connectivity index (χ1n) is 8.81. The van der Waals surface area contributed by atoms with Crippen molar-refractivity contribution in [1.29, 1.82) is 0 Å². The summed E-state index contributed by atoms with van der Waals surface area (Å²) in [6, 6.07) is 0. The lowest BCUT2D eigenvalue weighted by Gasteiger charge is -2.31. The van der Waals surface area contributed by atoms with Gasteiger partial charge in [0.15, 0.2) is 0 Å². The van der Waals surface area contributed by atoms with Crippen LogP contribution in [0.2, 0.25) is 0 Å². The fourth-order valence-corrected chi connectivity index (χ4v) is 5.72. The standard InChI is InChI=1S/C18H20O6/c1-8-7-18(24-15(8)19)4-2-3-12(18)17(21)22-13-9-5-10-11(6-9)16(20)23-14(10)13/h9-14H,1-7H2. The largest absolute Gasteiger partial charge is 0.458 e. The van der Waals surface area contributed by atoms with Crippen LogP contribution >= 0.6 is 0 Å². The second-order valence-electron chi connectivity index (χ2n) is 7.98. The van der Waals surface area contributed by atoms with Crippen LogP contribution in [0.15, 0.2) is 12.2 Å². The molecule has 24 heavy (non-hydrogen) atoms. The maximum atomic E-state index is 12.8. The zero-order valence-electron chi connectivity index (χ0n) is 13.4. The summed E-state index contributed by atoms with van der Waals surface area (Å²) in [5.41, 5.74) is -0.334. The molecular formula is C18H20O6. The normalized spacial score (nSPS) is 48.2. The molecule has 0 amide bonds. The van der Waals surface area contributed by atoms with Gasteiger partial charge >= 0.3 is 17.9 Å². The van der Waals surface area contributed by atoms with Crippen molar-refractivity contribution in [3.05, 3.63) is 12.2 Å². The zero-order valence-corrected chi connectivity index (χ0v) is 13.4. The molecule has 0 aromatic rings. The van der Waals surface area contributed by atoms with Gasteiger partial charge in [-0.15, -0.1) is 0 Å². The fraction of sp³-hybridized carbons (Fsp3) is 0.722. The molecule has 7 atom stereocenters. The van der Waals surface area contributed by atoms with Crippen LogP contribution in [-0.2, 0) is 28.6 Å². The number of carbonyl (C=O) groups excluding carboxylic acids is 3. The summed E-state index contributed by atoms with van der Waals surface area (Å²) in [7, 11) is 0. The number of carbonyl (C=O) groups is 3. The summed E-state index contributed by atoms with van der Waals surface area (Å²) < 4.78 is 16.8. The second kappa shape index (κ2) is 4.61. The Labute approximate surface area is 139 Å². The van der Waals surface area contributed by atoms with Gasteiger partial charge in [0.25, 0.3) is 0 Å². The van der Waals surface area contributed by atoms with Crippen molar-refractivity contribution in [2.45, 2.75) is 56.3 Å².